The molecule has 0 unspecified atom stereocenters. The molecule has 0 atom stereocenters. The number of benzene rings is 2. The molecule has 0 spiro atoms. The molecule has 1 N–H and O–H groups in total. The molecule has 2 aromatic carbocycles. The first-order chi connectivity index (χ1) is 9.63. The van der Waals surface area contributed by atoms with Crippen LogP contribution in [0.3, 0.4) is 0 Å². The quantitative estimate of drug-likeness (QED) is 0.828. The van der Waals surface area contributed by atoms with E-state index in [0.29, 0.717) is 11.3 Å². The highest BCUT2D eigenvalue weighted by molar-refractivity contribution is 9.10. The Balaban J connectivity index is 2.23. The number of carbonyl (C=O) groups is 1. The second-order valence-electron chi connectivity index (χ2n) is 4.03. The van der Waals surface area contributed by atoms with Crippen LogP contribution in [0.4, 0.5) is 5.69 Å². The van der Waals surface area contributed by atoms with E-state index in [0.717, 1.165) is 15.1 Å². The van der Waals surface area contributed by atoms with E-state index in [-0.39, 0.29) is 5.91 Å². The predicted molar refractivity (Wildman–Crippen MR) is 86.9 cm³/mol. The molecule has 0 bridgehead atoms. The third-order valence-electron chi connectivity index (χ3n) is 2.75. The van der Waals surface area contributed by atoms with Gasteiger partial charge in [0.15, 0.2) is 0 Å². The van der Waals surface area contributed by atoms with E-state index in [2.05, 4.69) is 21.2 Å². The lowest BCUT2D eigenvalue weighted by atomic mass is 10.2. The normalized spacial score (nSPS) is 10.2. The predicted octanol–water partition coefficient (Wildman–Crippen LogP) is 4.43. The standard InChI is InChI=1S/C15H14BrNO2S/c1-19-11-6-7-14(16)13(9-11)15(18)17-10-4-3-5-12(8-10)20-2/h3-9H,1-2H3,(H,17,18). The number of anilines is 1. The molecule has 0 saturated heterocycles. The summed E-state index contributed by atoms with van der Waals surface area (Å²) in [6.45, 7) is 0. The molecule has 104 valence electrons. The molecule has 0 aliphatic carbocycles. The molecule has 0 aliphatic heterocycles. The van der Waals surface area contributed by atoms with Crippen molar-refractivity contribution in [3.8, 4) is 5.75 Å². The highest BCUT2D eigenvalue weighted by Gasteiger charge is 2.11. The van der Waals surface area contributed by atoms with Gasteiger partial charge in [-0.2, -0.15) is 0 Å². The van der Waals surface area contributed by atoms with E-state index in [1.54, 1.807) is 37.1 Å². The average Bonchev–Trinajstić information content (AvgIpc) is 2.47. The van der Waals surface area contributed by atoms with E-state index < -0.39 is 0 Å². The third kappa shape index (κ3) is 3.55. The number of hydrogen-bond acceptors (Lipinski definition) is 3. The van der Waals surface area contributed by atoms with Crippen LogP contribution in [-0.2, 0) is 0 Å². The summed E-state index contributed by atoms with van der Waals surface area (Å²) in [5, 5.41) is 2.89. The maximum absolute atomic E-state index is 12.3. The second-order valence-corrected chi connectivity index (χ2v) is 5.77. The summed E-state index contributed by atoms with van der Waals surface area (Å²) in [6.07, 6.45) is 2.00. The number of ether oxygens (including phenoxy) is 1. The van der Waals surface area contributed by atoms with E-state index in [4.69, 9.17) is 4.74 Å². The van der Waals surface area contributed by atoms with Gasteiger partial charge in [0.1, 0.15) is 5.75 Å². The summed E-state index contributed by atoms with van der Waals surface area (Å²) in [6, 6.07) is 13.0. The van der Waals surface area contributed by atoms with Crippen molar-refractivity contribution in [3.63, 3.8) is 0 Å². The van der Waals surface area contributed by atoms with Gasteiger partial charge in [0.05, 0.1) is 12.7 Å². The van der Waals surface area contributed by atoms with Crippen molar-refractivity contribution in [2.75, 3.05) is 18.7 Å². The molecule has 5 heteroatoms. The van der Waals surface area contributed by atoms with Crippen molar-refractivity contribution in [2.45, 2.75) is 4.90 Å². The number of rotatable bonds is 4. The Kier molecular flexibility index (Phi) is 5.09. The van der Waals surface area contributed by atoms with Crippen molar-refractivity contribution in [3.05, 3.63) is 52.5 Å². The molecular weight excluding hydrogens is 338 g/mol. The zero-order valence-electron chi connectivity index (χ0n) is 11.1. The van der Waals surface area contributed by atoms with Gasteiger partial charge in [-0.15, -0.1) is 11.8 Å². The molecule has 20 heavy (non-hydrogen) atoms. The number of nitrogens with one attached hydrogen (secondary N) is 1. The first-order valence-corrected chi connectivity index (χ1v) is 7.94. The van der Waals surface area contributed by atoms with Crippen molar-refractivity contribution in [1.29, 1.82) is 0 Å². The van der Waals surface area contributed by atoms with Crippen molar-refractivity contribution in [2.24, 2.45) is 0 Å². The van der Waals surface area contributed by atoms with Gasteiger partial charge in [-0.05, 0) is 58.6 Å². The fourth-order valence-electron chi connectivity index (χ4n) is 1.70. The first-order valence-electron chi connectivity index (χ1n) is 5.93. The molecule has 2 aromatic rings. The Morgan fingerprint density at radius 1 is 1.25 bits per heavy atom. The molecule has 2 rings (SSSR count). The highest BCUT2D eigenvalue weighted by atomic mass is 79.9. The molecule has 1 amide bonds. The topological polar surface area (TPSA) is 38.3 Å². The Morgan fingerprint density at radius 2 is 2.05 bits per heavy atom. The molecular formula is C15H14BrNO2S. The van der Waals surface area contributed by atoms with Gasteiger partial charge in [-0.3, -0.25) is 4.79 Å². The maximum Gasteiger partial charge on any atom is 0.256 e. The van der Waals surface area contributed by atoms with Gasteiger partial charge in [-0.1, -0.05) is 6.07 Å². The minimum atomic E-state index is -0.172. The van der Waals surface area contributed by atoms with Crippen LogP contribution >= 0.6 is 27.7 Å². The second kappa shape index (κ2) is 6.81. The fourth-order valence-corrected chi connectivity index (χ4v) is 2.59. The lowest BCUT2D eigenvalue weighted by Gasteiger charge is -2.09. The molecule has 0 aliphatic rings. The Hall–Kier alpha value is -1.46. The summed E-state index contributed by atoms with van der Waals surface area (Å²) >= 11 is 5.02. The third-order valence-corrected chi connectivity index (χ3v) is 4.16. The van der Waals surface area contributed by atoms with Crippen LogP contribution in [0.15, 0.2) is 51.8 Å². The SMILES string of the molecule is COc1ccc(Br)c(C(=O)Nc2cccc(SC)c2)c1. The smallest absolute Gasteiger partial charge is 0.256 e. The summed E-state index contributed by atoms with van der Waals surface area (Å²) in [5.74, 6) is 0.477. The van der Waals surface area contributed by atoms with Gasteiger partial charge in [0.2, 0.25) is 0 Å². The van der Waals surface area contributed by atoms with Crippen LogP contribution in [0.25, 0.3) is 0 Å². The number of hydrogen-bond donors (Lipinski definition) is 1. The van der Waals surface area contributed by atoms with Crippen LogP contribution in [0.5, 0.6) is 5.75 Å². The summed E-state index contributed by atoms with van der Waals surface area (Å²) in [4.78, 5) is 13.4. The van der Waals surface area contributed by atoms with Crippen LogP contribution in [0.1, 0.15) is 10.4 Å². The number of carbonyl (C=O) groups excluding carboxylic acids is 1. The number of methoxy groups -OCH3 is 1. The summed E-state index contributed by atoms with van der Waals surface area (Å²) in [7, 11) is 1.58. The fraction of sp³-hybridized carbons (Fsp3) is 0.133. The van der Waals surface area contributed by atoms with Gasteiger partial charge in [0, 0.05) is 15.1 Å². The largest absolute Gasteiger partial charge is 0.497 e. The number of halogens is 1. The van der Waals surface area contributed by atoms with Gasteiger partial charge in [-0.25, -0.2) is 0 Å². The van der Waals surface area contributed by atoms with Gasteiger partial charge >= 0.3 is 0 Å². The molecule has 0 fully saturated rings. The van der Waals surface area contributed by atoms with Gasteiger partial charge < -0.3 is 10.1 Å². The lowest BCUT2D eigenvalue weighted by molar-refractivity contribution is 0.102. The highest BCUT2D eigenvalue weighted by Crippen LogP contribution is 2.24. The minimum absolute atomic E-state index is 0.172. The Labute approximate surface area is 130 Å². The van der Waals surface area contributed by atoms with Crippen LogP contribution < -0.4 is 10.1 Å². The summed E-state index contributed by atoms with van der Waals surface area (Å²) < 4.78 is 5.88. The van der Waals surface area contributed by atoms with Crippen molar-refractivity contribution < 1.29 is 9.53 Å². The van der Waals surface area contributed by atoms with Crippen molar-refractivity contribution in [1.82, 2.24) is 0 Å². The van der Waals surface area contributed by atoms with Gasteiger partial charge in [0.25, 0.3) is 5.91 Å². The lowest BCUT2D eigenvalue weighted by Crippen LogP contribution is -2.12. The first kappa shape index (κ1) is 14.9. The average molecular weight is 352 g/mol. The maximum atomic E-state index is 12.3. The number of amides is 1. The van der Waals surface area contributed by atoms with Crippen LogP contribution in [0.2, 0.25) is 0 Å². The van der Waals surface area contributed by atoms with Crippen LogP contribution in [0, 0.1) is 0 Å². The van der Waals surface area contributed by atoms with E-state index >= 15 is 0 Å². The summed E-state index contributed by atoms with van der Waals surface area (Å²) in [5.41, 5.74) is 1.32. The van der Waals surface area contributed by atoms with E-state index in [9.17, 15) is 4.79 Å². The van der Waals surface area contributed by atoms with Crippen LogP contribution in [-0.4, -0.2) is 19.3 Å². The zero-order valence-corrected chi connectivity index (χ0v) is 13.5. The minimum Gasteiger partial charge on any atom is -0.497 e. The van der Waals surface area contributed by atoms with E-state index in [1.165, 1.54) is 0 Å². The van der Waals surface area contributed by atoms with E-state index in [1.807, 2.05) is 30.5 Å². The number of thioether (sulfide) groups is 1. The zero-order chi connectivity index (χ0) is 14.5. The molecule has 0 saturated carbocycles. The molecule has 0 radical (unpaired) electrons. The molecule has 0 heterocycles. The molecule has 0 aromatic heterocycles. The monoisotopic (exact) mass is 351 g/mol. The Morgan fingerprint density at radius 3 is 2.75 bits per heavy atom. The molecule has 3 nitrogen and oxygen atoms in total. The van der Waals surface area contributed by atoms with Crippen molar-refractivity contribution >= 4 is 39.3 Å². The Bertz CT molecular complexity index is 631.